The summed E-state index contributed by atoms with van der Waals surface area (Å²) in [5.41, 5.74) is 5.55. The molecule has 4 N–H and O–H groups in total. The number of H-pyrrole nitrogens is 3. The molecule has 0 saturated carbocycles. The Hall–Kier alpha value is -3.22. The molecule has 0 aromatic carbocycles. The van der Waals surface area contributed by atoms with Crippen LogP contribution in [0.3, 0.4) is 0 Å². The third-order valence-electron chi connectivity index (χ3n) is 5.24. The molecule has 3 aromatic rings. The van der Waals surface area contributed by atoms with Crippen LogP contribution in [0.4, 0.5) is 0 Å². The average Bonchev–Trinajstić information content (AvgIpc) is 3.74. The van der Waals surface area contributed by atoms with Gasteiger partial charge in [-0.15, -0.1) is 24.0 Å². The van der Waals surface area contributed by atoms with Gasteiger partial charge in [-0.25, -0.2) is 4.79 Å². The first-order valence-electron chi connectivity index (χ1n) is 13.3. The maximum Gasteiger partial charge on any atom is 0.341 e. The third kappa shape index (κ3) is 16.0. The summed E-state index contributed by atoms with van der Waals surface area (Å²) in [6, 6.07) is 0. The van der Waals surface area contributed by atoms with Crippen LogP contribution in [0.2, 0.25) is 0 Å². The van der Waals surface area contributed by atoms with Gasteiger partial charge in [-0.1, -0.05) is 27.7 Å². The number of halogens is 2. The molecule has 0 bridgehead atoms. The molecular weight excluding hydrogens is 575 g/mol. The lowest BCUT2D eigenvalue weighted by molar-refractivity contribution is -0.145. The largest absolute Gasteiger partial charge is 0.466 e. The number of aliphatic hydroxyl groups is 1. The number of rotatable bonds is 11. The lowest BCUT2D eigenvalue weighted by atomic mass is 10.2. The number of hydrogen-bond acceptors (Lipinski definition) is 9. The summed E-state index contributed by atoms with van der Waals surface area (Å²) < 4.78 is 9.38. The Morgan fingerprint density at radius 2 is 1.27 bits per heavy atom. The van der Waals surface area contributed by atoms with Gasteiger partial charge in [-0.2, -0.15) is 15.3 Å². The monoisotopic (exact) mass is 618 g/mol. The molecule has 0 aliphatic rings. The smallest absolute Gasteiger partial charge is 0.341 e. The van der Waals surface area contributed by atoms with Crippen molar-refractivity contribution in [1.29, 1.82) is 0 Å². The molecule has 232 valence electrons. The number of carbonyl (C=O) groups is 3. The van der Waals surface area contributed by atoms with Crippen LogP contribution in [0.5, 0.6) is 0 Å². The van der Waals surface area contributed by atoms with Gasteiger partial charge >= 0.3 is 11.9 Å². The van der Waals surface area contributed by atoms with Gasteiger partial charge in [-0.3, -0.25) is 24.9 Å². The lowest BCUT2D eigenvalue weighted by Gasteiger charge is -1.99. The second-order valence-electron chi connectivity index (χ2n) is 7.96. The van der Waals surface area contributed by atoms with Crippen LogP contribution in [0.1, 0.15) is 93.0 Å². The van der Waals surface area contributed by atoms with E-state index in [4.69, 9.17) is 21.4 Å². The van der Waals surface area contributed by atoms with Crippen molar-refractivity contribution in [2.75, 3.05) is 13.2 Å². The zero-order valence-electron chi connectivity index (χ0n) is 24.7. The van der Waals surface area contributed by atoms with E-state index < -0.39 is 5.97 Å². The Labute approximate surface area is 252 Å². The second-order valence-corrected chi connectivity index (χ2v) is 8.22. The van der Waals surface area contributed by atoms with Crippen molar-refractivity contribution in [2.45, 2.75) is 86.1 Å². The molecule has 0 saturated heterocycles. The van der Waals surface area contributed by atoms with Gasteiger partial charge in [0.25, 0.3) is 0 Å². The molecule has 0 aliphatic heterocycles. The van der Waals surface area contributed by atoms with Gasteiger partial charge in [0.1, 0.15) is 17.8 Å². The number of aryl methyl sites for hydroxylation is 3. The highest BCUT2D eigenvalue weighted by atomic mass is 35.5. The highest BCUT2D eigenvalue weighted by Gasteiger charge is 2.12. The van der Waals surface area contributed by atoms with Crippen molar-refractivity contribution in [3.05, 3.63) is 52.4 Å². The highest BCUT2D eigenvalue weighted by Crippen LogP contribution is 2.08. The SMILES string of the molecule is CCOC(=O)CC(=O)CC.CCOC(=O)c1cn[nH]c1CC.CCc1[nH]ncc1CCl.CCc1[nH]ncc1CO.Cl. The van der Waals surface area contributed by atoms with Gasteiger partial charge < -0.3 is 14.6 Å². The number of ether oxygens (including phenoxy) is 2. The van der Waals surface area contributed by atoms with Crippen molar-refractivity contribution < 1.29 is 29.0 Å². The maximum absolute atomic E-state index is 11.2. The van der Waals surface area contributed by atoms with E-state index in [0.717, 1.165) is 47.5 Å². The van der Waals surface area contributed by atoms with Crippen LogP contribution in [0.15, 0.2) is 18.6 Å². The molecule has 0 amide bonds. The van der Waals surface area contributed by atoms with Crippen molar-refractivity contribution in [3.8, 4) is 0 Å². The average molecular weight is 620 g/mol. The molecular formula is C27H44Cl2N6O6. The predicted octanol–water partition coefficient (Wildman–Crippen LogP) is 4.66. The number of carbonyl (C=O) groups excluding carboxylic acids is 3. The van der Waals surface area contributed by atoms with Crippen LogP contribution in [0.25, 0.3) is 0 Å². The van der Waals surface area contributed by atoms with Crippen molar-refractivity contribution in [2.24, 2.45) is 0 Å². The summed E-state index contributed by atoms with van der Waals surface area (Å²) >= 11 is 5.59. The Bertz CT molecular complexity index is 1040. The number of Topliss-reactive ketones (excluding diaryl/α,β-unsaturated/α-hetero) is 1. The minimum absolute atomic E-state index is 0. The van der Waals surface area contributed by atoms with E-state index >= 15 is 0 Å². The Morgan fingerprint density at radius 3 is 1.68 bits per heavy atom. The minimum atomic E-state index is -0.422. The zero-order valence-corrected chi connectivity index (χ0v) is 26.3. The summed E-state index contributed by atoms with van der Waals surface area (Å²) in [5.74, 6) is -0.240. The van der Waals surface area contributed by atoms with Crippen LogP contribution in [-0.2, 0) is 50.8 Å². The number of nitrogens with zero attached hydrogens (tertiary/aromatic N) is 3. The van der Waals surface area contributed by atoms with Crippen molar-refractivity contribution in [3.63, 3.8) is 0 Å². The molecule has 0 unspecified atom stereocenters. The number of esters is 2. The van der Waals surface area contributed by atoms with Gasteiger partial charge in [0, 0.05) is 34.6 Å². The summed E-state index contributed by atoms with van der Waals surface area (Å²) in [6.45, 7) is 12.1. The topological polar surface area (TPSA) is 176 Å². The van der Waals surface area contributed by atoms with Gasteiger partial charge in [0.2, 0.25) is 0 Å². The predicted molar refractivity (Wildman–Crippen MR) is 159 cm³/mol. The number of aromatic amines is 3. The molecule has 3 aromatic heterocycles. The fraction of sp³-hybridized carbons (Fsp3) is 0.556. The van der Waals surface area contributed by atoms with E-state index in [9.17, 15) is 14.4 Å². The van der Waals surface area contributed by atoms with Gasteiger partial charge in [0.15, 0.2) is 0 Å². The molecule has 0 spiro atoms. The number of alkyl halides is 1. The maximum atomic E-state index is 11.2. The van der Waals surface area contributed by atoms with Crippen LogP contribution < -0.4 is 0 Å². The van der Waals surface area contributed by atoms with E-state index in [1.807, 2.05) is 13.8 Å². The molecule has 14 heteroatoms. The van der Waals surface area contributed by atoms with Crippen molar-refractivity contribution >= 4 is 41.7 Å². The summed E-state index contributed by atoms with van der Waals surface area (Å²) in [7, 11) is 0. The Morgan fingerprint density at radius 1 is 0.780 bits per heavy atom. The Balaban J connectivity index is 0. The van der Waals surface area contributed by atoms with Gasteiger partial charge in [-0.05, 0) is 33.1 Å². The third-order valence-corrected chi connectivity index (χ3v) is 5.53. The van der Waals surface area contributed by atoms with E-state index in [1.165, 1.54) is 6.20 Å². The number of ketones is 1. The normalized spacial score (nSPS) is 9.46. The van der Waals surface area contributed by atoms with Crippen LogP contribution in [0, 0.1) is 0 Å². The summed E-state index contributed by atoms with van der Waals surface area (Å²) in [6.07, 6.45) is 7.87. The fourth-order valence-corrected chi connectivity index (χ4v) is 3.23. The first kappa shape index (κ1) is 39.9. The minimum Gasteiger partial charge on any atom is -0.466 e. The van der Waals surface area contributed by atoms with Gasteiger partial charge in [0.05, 0.1) is 44.3 Å². The molecule has 0 radical (unpaired) electrons. The fourth-order valence-electron chi connectivity index (χ4n) is 3.00. The first-order valence-corrected chi connectivity index (χ1v) is 13.8. The molecule has 3 rings (SSSR count). The van der Waals surface area contributed by atoms with E-state index in [2.05, 4.69) is 42.3 Å². The van der Waals surface area contributed by atoms with Crippen LogP contribution in [-0.4, -0.2) is 66.6 Å². The van der Waals surface area contributed by atoms with E-state index in [1.54, 1.807) is 33.2 Å². The lowest BCUT2D eigenvalue weighted by Crippen LogP contribution is -2.09. The van der Waals surface area contributed by atoms with Crippen molar-refractivity contribution in [1.82, 2.24) is 30.6 Å². The molecule has 12 nitrogen and oxygen atoms in total. The zero-order chi connectivity index (χ0) is 30.3. The molecule has 0 atom stereocenters. The number of nitrogens with one attached hydrogen (secondary N) is 3. The summed E-state index contributed by atoms with van der Waals surface area (Å²) in [4.78, 5) is 32.4. The quantitative estimate of drug-likeness (QED) is 0.135. The Kier molecular flexibility index (Phi) is 23.9. The number of aromatic nitrogens is 6. The number of hydrogen-bond donors (Lipinski definition) is 4. The van der Waals surface area contributed by atoms with Crippen LogP contribution >= 0.6 is 24.0 Å². The van der Waals surface area contributed by atoms with E-state index in [0.29, 0.717) is 31.1 Å². The standard InChI is InChI=1S/C8H12N2O2.C7H12O3.C6H9ClN2.C6H10N2O.ClH/c1-3-7-6(5-9-10-7)8(11)12-4-2;1-3-6(8)5-7(9)10-4-2;1-2-6-5(3-7)4-8-9-6;1-2-6-5(4-9)3-7-8-6;/h5H,3-4H2,1-2H3,(H,9,10);3-5H2,1-2H3;4H,2-3H2,1H3,(H,8,9);3,9H,2,4H2,1H3,(H,7,8);1H. The number of aliphatic hydroxyl groups excluding tert-OH is 1. The summed E-state index contributed by atoms with van der Waals surface area (Å²) in [5, 5.41) is 28.5. The second kappa shape index (κ2) is 24.6. The molecule has 0 aliphatic carbocycles. The molecule has 3 heterocycles. The van der Waals surface area contributed by atoms with E-state index in [-0.39, 0.29) is 37.2 Å². The first-order chi connectivity index (χ1) is 19.3. The molecule has 41 heavy (non-hydrogen) atoms. The molecule has 0 fully saturated rings. The highest BCUT2D eigenvalue weighted by molar-refractivity contribution is 6.17.